The molecule has 2 nitrogen and oxygen atoms in total. The molecule has 0 spiro atoms. The third-order valence-corrected chi connectivity index (χ3v) is 0.688. The summed E-state index contributed by atoms with van der Waals surface area (Å²) in [5, 5.41) is 0. The normalized spacial score (nSPS) is 14.2. The van der Waals surface area contributed by atoms with Crippen LogP contribution in [0.15, 0.2) is 17.8 Å². The van der Waals surface area contributed by atoms with E-state index in [1.807, 2.05) is 6.92 Å². The Balaban J connectivity index is 3.15. The van der Waals surface area contributed by atoms with E-state index in [4.69, 9.17) is 5.73 Å². The van der Waals surface area contributed by atoms with Gasteiger partial charge in [-0.3, -0.25) is 4.99 Å². The molecule has 0 aliphatic heterocycles. The molecule has 0 saturated carbocycles. The van der Waals surface area contributed by atoms with Crippen molar-refractivity contribution in [3.05, 3.63) is 12.8 Å². The second-order valence-corrected chi connectivity index (χ2v) is 1.73. The highest BCUT2D eigenvalue weighted by Gasteiger charge is 1.85. The number of nitrogens with two attached hydrogens (primary N) is 1. The molecule has 0 aromatic carbocycles. The van der Waals surface area contributed by atoms with Crippen LogP contribution in [0.2, 0.25) is 0 Å². The fourth-order valence-corrected chi connectivity index (χ4v) is 0.302. The van der Waals surface area contributed by atoms with Crippen molar-refractivity contribution in [1.29, 1.82) is 0 Å². The monoisotopic (exact) mass is 112 g/mol. The Morgan fingerprint density at radius 3 is 2.88 bits per heavy atom. The van der Waals surface area contributed by atoms with E-state index < -0.39 is 0 Å². The Labute approximate surface area is 50.1 Å². The number of nitrogens with zero attached hydrogens (tertiary/aromatic N) is 1. The first-order valence-corrected chi connectivity index (χ1v) is 2.65. The summed E-state index contributed by atoms with van der Waals surface area (Å²) >= 11 is 0. The molecular formula is C6H12N2. The van der Waals surface area contributed by atoms with Crippen LogP contribution in [-0.4, -0.2) is 12.3 Å². The molecule has 0 amide bonds. The molecule has 0 radical (unpaired) electrons. The first-order chi connectivity index (χ1) is 3.77. The van der Waals surface area contributed by atoms with Gasteiger partial charge < -0.3 is 5.73 Å². The lowest BCUT2D eigenvalue weighted by atomic mass is 10.3. The van der Waals surface area contributed by atoms with Gasteiger partial charge in [-0.25, -0.2) is 0 Å². The second kappa shape index (κ2) is 4.53. The summed E-state index contributed by atoms with van der Waals surface area (Å²) in [4.78, 5) is 3.77. The van der Waals surface area contributed by atoms with Gasteiger partial charge in [0.15, 0.2) is 0 Å². The Morgan fingerprint density at radius 2 is 2.50 bits per heavy atom. The maximum absolute atomic E-state index is 5.41. The molecule has 0 rings (SSSR count). The lowest BCUT2D eigenvalue weighted by Gasteiger charge is -1.94. The van der Waals surface area contributed by atoms with Gasteiger partial charge in [-0.1, -0.05) is 6.58 Å². The number of rotatable bonds is 3. The SMILES string of the molecule is C=CN=CCC(C)N. The average Bonchev–Trinajstić information content (AvgIpc) is 1.66. The van der Waals surface area contributed by atoms with Crippen LogP contribution in [0.1, 0.15) is 13.3 Å². The van der Waals surface area contributed by atoms with Crippen LogP contribution in [-0.2, 0) is 0 Å². The van der Waals surface area contributed by atoms with Crippen molar-refractivity contribution in [3.63, 3.8) is 0 Å². The van der Waals surface area contributed by atoms with Gasteiger partial charge in [-0.05, 0) is 13.3 Å². The lowest BCUT2D eigenvalue weighted by Crippen LogP contribution is -2.14. The maximum atomic E-state index is 5.41. The minimum Gasteiger partial charge on any atom is -0.328 e. The van der Waals surface area contributed by atoms with Crippen LogP contribution in [0.4, 0.5) is 0 Å². The molecule has 0 heterocycles. The molecule has 0 fully saturated rings. The predicted octanol–water partition coefficient (Wildman–Crippen LogP) is 0.938. The molecule has 1 atom stereocenters. The third-order valence-electron chi connectivity index (χ3n) is 0.688. The number of hydrogen-bond donors (Lipinski definition) is 1. The van der Waals surface area contributed by atoms with E-state index in [0.29, 0.717) is 0 Å². The first kappa shape index (κ1) is 7.37. The number of hydrogen-bond acceptors (Lipinski definition) is 2. The molecule has 0 bridgehead atoms. The minimum absolute atomic E-state index is 0.207. The van der Waals surface area contributed by atoms with Crippen molar-refractivity contribution in [1.82, 2.24) is 0 Å². The van der Waals surface area contributed by atoms with Gasteiger partial charge in [-0.15, -0.1) is 0 Å². The summed E-state index contributed by atoms with van der Waals surface area (Å²) in [6.07, 6.45) is 4.09. The van der Waals surface area contributed by atoms with Crippen molar-refractivity contribution < 1.29 is 0 Å². The smallest absolute Gasteiger partial charge is 0.0191 e. The van der Waals surface area contributed by atoms with Crippen LogP contribution in [0.3, 0.4) is 0 Å². The molecule has 0 aliphatic carbocycles. The van der Waals surface area contributed by atoms with Crippen LogP contribution in [0.25, 0.3) is 0 Å². The fourth-order valence-electron chi connectivity index (χ4n) is 0.302. The molecule has 8 heavy (non-hydrogen) atoms. The van der Waals surface area contributed by atoms with E-state index in [2.05, 4.69) is 11.6 Å². The zero-order valence-corrected chi connectivity index (χ0v) is 5.17. The molecule has 0 aromatic rings. The topological polar surface area (TPSA) is 38.4 Å². The van der Waals surface area contributed by atoms with Gasteiger partial charge in [0.1, 0.15) is 0 Å². The summed E-state index contributed by atoms with van der Waals surface area (Å²) in [6, 6.07) is 0.207. The molecule has 2 heteroatoms. The minimum atomic E-state index is 0.207. The van der Waals surface area contributed by atoms with Crippen LogP contribution in [0.5, 0.6) is 0 Å². The Hall–Kier alpha value is -0.630. The van der Waals surface area contributed by atoms with E-state index in [1.54, 1.807) is 6.21 Å². The van der Waals surface area contributed by atoms with E-state index >= 15 is 0 Å². The highest BCUT2D eigenvalue weighted by atomic mass is 14.7. The summed E-state index contributed by atoms with van der Waals surface area (Å²) in [5.41, 5.74) is 5.41. The lowest BCUT2D eigenvalue weighted by molar-refractivity contribution is 0.786. The first-order valence-electron chi connectivity index (χ1n) is 2.65. The predicted molar refractivity (Wildman–Crippen MR) is 37.0 cm³/mol. The largest absolute Gasteiger partial charge is 0.328 e. The van der Waals surface area contributed by atoms with Gasteiger partial charge in [-0.2, -0.15) is 0 Å². The summed E-state index contributed by atoms with van der Waals surface area (Å²) in [6.45, 7) is 5.36. The van der Waals surface area contributed by atoms with E-state index in [0.717, 1.165) is 6.42 Å². The fraction of sp³-hybridized carbons (Fsp3) is 0.500. The van der Waals surface area contributed by atoms with Gasteiger partial charge in [0, 0.05) is 18.5 Å². The zero-order chi connectivity index (χ0) is 6.41. The van der Waals surface area contributed by atoms with E-state index in [1.165, 1.54) is 6.20 Å². The van der Waals surface area contributed by atoms with Gasteiger partial charge in [0.2, 0.25) is 0 Å². The maximum Gasteiger partial charge on any atom is 0.0191 e. The molecule has 1 unspecified atom stereocenters. The summed E-state index contributed by atoms with van der Waals surface area (Å²) < 4.78 is 0. The van der Waals surface area contributed by atoms with Crippen molar-refractivity contribution in [3.8, 4) is 0 Å². The van der Waals surface area contributed by atoms with Crippen molar-refractivity contribution in [2.24, 2.45) is 10.7 Å². The van der Waals surface area contributed by atoms with Gasteiger partial charge in [0.25, 0.3) is 0 Å². The number of aliphatic imine (C=N–C) groups is 1. The van der Waals surface area contributed by atoms with Gasteiger partial charge >= 0.3 is 0 Å². The Bertz CT molecular complexity index is 84.5. The van der Waals surface area contributed by atoms with Crippen LogP contribution < -0.4 is 5.73 Å². The van der Waals surface area contributed by atoms with Crippen molar-refractivity contribution in [2.45, 2.75) is 19.4 Å². The standard InChI is InChI=1S/C6H12N2/c1-3-8-5-4-6(2)7/h3,5-6H,1,4,7H2,2H3. The molecule has 2 N–H and O–H groups in total. The van der Waals surface area contributed by atoms with Crippen molar-refractivity contribution in [2.75, 3.05) is 0 Å². The molecular weight excluding hydrogens is 100 g/mol. The second-order valence-electron chi connectivity index (χ2n) is 1.73. The molecule has 0 saturated heterocycles. The van der Waals surface area contributed by atoms with E-state index in [9.17, 15) is 0 Å². The van der Waals surface area contributed by atoms with E-state index in [-0.39, 0.29) is 6.04 Å². The highest BCUT2D eigenvalue weighted by Crippen LogP contribution is 1.79. The molecule has 0 aromatic heterocycles. The third kappa shape index (κ3) is 5.37. The Kier molecular flexibility index (Phi) is 4.17. The van der Waals surface area contributed by atoms with Crippen LogP contribution >= 0.6 is 0 Å². The van der Waals surface area contributed by atoms with Gasteiger partial charge in [0.05, 0.1) is 0 Å². The quantitative estimate of drug-likeness (QED) is 0.542. The molecule has 46 valence electrons. The summed E-state index contributed by atoms with van der Waals surface area (Å²) in [5.74, 6) is 0. The zero-order valence-electron chi connectivity index (χ0n) is 5.17. The van der Waals surface area contributed by atoms with Crippen LogP contribution in [0, 0.1) is 0 Å². The Morgan fingerprint density at radius 1 is 1.88 bits per heavy atom. The average molecular weight is 112 g/mol. The van der Waals surface area contributed by atoms with Crippen molar-refractivity contribution >= 4 is 6.21 Å². The highest BCUT2D eigenvalue weighted by molar-refractivity contribution is 5.58. The summed E-state index contributed by atoms with van der Waals surface area (Å²) in [7, 11) is 0. The molecule has 0 aliphatic rings.